The van der Waals surface area contributed by atoms with E-state index in [-0.39, 0.29) is 24.0 Å². The third kappa shape index (κ3) is 7.68. The summed E-state index contributed by atoms with van der Waals surface area (Å²) in [6, 6.07) is 0. The number of thioether (sulfide) groups is 1. The van der Waals surface area contributed by atoms with Gasteiger partial charge in [0.1, 0.15) is 0 Å². The van der Waals surface area contributed by atoms with Crippen molar-refractivity contribution in [2.45, 2.75) is 51.2 Å². The average Bonchev–Trinajstić information content (AvgIpc) is 2.50. The van der Waals surface area contributed by atoms with Crippen LogP contribution < -0.4 is 5.32 Å². The lowest BCUT2D eigenvalue weighted by molar-refractivity contribution is 0.181. The summed E-state index contributed by atoms with van der Waals surface area (Å²) in [5.74, 6) is 3.17. The molecular weight excluding hydrogens is 431 g/mol. The topological polar surface area (TPSA) is 30.9 Å². The summed E-state index contributed by atoms with van der Waals surface area (Å²) in [6.07, 6.45) is 5.32. The molecule has 142 valence electrons. The molecule has 2 saturated heterocycles. The van der Waals surface area contributed by atoms with Crippen molar-refractivity contribution < 1.29 is 0 Å². The number of likely N-dealkylation sites (tertiary alicyclic amines) is 1. The molecule has 1 atom stereocenters. The number of rotatable bonds is 5. The average molecular weight is 468 g/mol. The summed E-state index contributed by atoms with van der Waals surface area (Å²) in [7, 11) is 1.91. The van der Waals surface area contributed by atoms with Crippen LogP contribution in [-0.4, -0.2) is 72.6 Å². The highest BCUT2D eigenvalue weighted by Gasteiger charge is 2.28. The molecule has 0 amide bonds. The predicted molar refractivity (Wildman–Crippen MR) is 119 cm³/mol. The highest BCUT2D eigenvalue weighted by atomic mass is 127. The van der Waals surface area contributed by atoms with Gasteiger partial charge in [-0.15, -0.1) is 24.0 Å². The van der Waals surface area contributed by atoms with Gasteiger partial charge in [0.15, 0.2) is 5.96 Å². The molecule has 0 saturated carbocycles. The van der Waals surface area contributed by atoms with E-state index in [0.717, 1.165) is 31.5 Å². The van der Waals surface area contributed by atoms with E-state index in [1.807, 2.05) is 7.05 Å². The quantitative estimate of drug-likeness (QED) is 0.290. The van der Waals surface area contributed by atoms with Crippen LogP contribution in [-0.2, 0) is 0 Å². The van der Waals surface area contributed by atoms with Gasteiger partial charge in [-0.3, -0.25) is 4.99 Å². The van der Waals surface area contributed by atoms with Crippen molar-refractivity contribution in [1.29, 1.82) is 0 Å². The Morgan fingerprint density at radius 3 is 2.75 bits per heavy atom. The molecule has 0 aliphatic carbocycles. The lowest BCUT2D eigenvalue weighted by Crippen LogP contribution is -2.51. The molecular formula is C18H37IN4S. The molecule has 0 radical (unpaired) electrons. The summed E-state index contributed by atoms with van der Waals surface area (Å²) in [5, 5.41) is 3.57. The van der Waals surface area contributed by atoms with Gasteiger partial charge < -0.3 is 15.1 Å². The molecule has 1 N–H and O–H groups in total. The molecule has 1 unspecified atom stereocenters. The van der Waals surface area contributed by atoms with Crippen molar-refractivity contribution in [1.82, 2.24) is 15.1 Å². The molecule has 24 heavy (non-hydrogen) atoms. The Kier molecular flexibility index (Phi) is 10.4. The second-order valence-corrected chi connectivity index (χ2v) is 9.56. The zero-order valence-corrected chi connectivity index (χ0v) is 19.2. The standard InChI is InChI=1S/C18H36N4S.HI/c1-16-8-7-11-21(14-16)10-6-5-9-20-17(19-4)22-12-13-23-18(2,3)15-22;/h16H,5-15H2,1-4H3,(H,19,20);1H. The maximum atomic E-state index is 4.49. The molecule has 2 aliphatic heterocycles. The van der Waals surface area contributed by atoms with Gasteiger partial charge in [-0.25, -0.2) is 0 Å². The number of piperidine rings is 1. The molecule has 0 aromatic rings. The highest BCUT2D eigenvalue weighted by Crippen LogP contribution is 2.29. The Bertz CT molecular complexity index is 389. The Morgan fingerprint density at radius 1 is 1.29 bits per heavy atom. The molecule has 2 fully saturated rings. The molecule has 0 aromatic heterocycles. The highest BCUT2D eigenvalue weighted by molar-refractivity contribution is 14.0. The zero-order chi connectivity index (χ0) is 16.7. The van der Waals surface area contributed by atoms with Crippen LogP contribution >= 0.6 is 35.7 Å². The van der Waals surface area contributed by atoms with Crippen molar-refractivity contribution >= 4 is 41.7 Å². The van der Waals surface area contributed by atoms with Crippen LogP contribution in [0, 0.1) is 5.92 Å². The van der Waals surface area contributed by atoms with Crippen molar-refractivity contribution in [2.24, 2.45) is 10.9 Å². The number of unbranched alkanes of at least 4 members (excludes halogenated alkanes) is 1. The van der Waals surface area contributed by atoms with Crippen molar-refractivity contribution in [3.63, 3.8) is 0 Å². The molecule has 2 aliphatic rings. The fraction of sp³-hybridized carbons (Fsp3) is 0.944. The molecule has 0 aromatic carbocycles. The first-order valence-electron chi connectivity index (χ1n) is 9.32. The van der Waals surface area contributed by atoms with Gasteiger partial charge in [-0.1, -0.05) is 6.92 Å². The SMILES string of the molecule is CN=C(NCCCCN1CCCC(C)C1)N1CCSC(C)(C)C1.I. The molecule has 0 spiro atoms. The summed E-state index contributed by atoms with van der Waals surface area (Å²) in [4.78, 5) is 9.55. The second kappa shape index (κ2) is 11.1. The van der Waals surface area contributed by atoms with Gasteiger partial charge in [-0.2, -0.15) is 11.8 Å². The van der Waals surface area contributed by atoms with E-state index in [4.69, 9.17) is 0 Å². The third-order valence-electron chi connectivity index (χ3n) is 4.86. The number of nitrogens with one attached hydrogen (secondary N) is 1. The number of halogens is 1. The van der Waals surface area contributed by atoms with Crippen molar-refractivity contribution in [3.05, 3.63) is 0 Å². The predicted octanol–water partition coefficient (Wildman–Crippen LogP) is 3.52. The molecule has 0 bridgehead atoms. The second-order valence-electron chi connectivity index (χ2n) is 7.76. The van der Waals surface area contributed by atoms with Crippen LogP contribution in [0.25, 0.3) is 0 Å². The largest absolute Gasteiger partial charge is 0.356 e. The van der Waals surface area contributed by atoms with E-state index in [2.05, 4.69) is 52.6 Å². The maximum Gasteiger partial charge on any atom is 0.193 e. The molecule has 6 heteroatoms. The lowest BCUT2D eigenvalue weighted by atomic mass is 10.0. The fourth-order valence-electron chi connectivity index (χ4n) is 3.68. The van der Waals surface area contributed by atoms with E-state index in [1.54, 1.807) is 0 Å². The minimum absolute atomic E-state index is 0. The zero-order valence-electron chi connectivity index (χ0n) is 16.0. The Labute approximate surface area is 170 Å². The van der Waals surface area contributed by atoms with E-state index < -0.39 is 0 Å². The number of nitrogens with zero attached hydrogens (tertiary/aromatic N) is 3. The first-order chi connectivity index (χ1) is 11.0. The van der Waals surface area contributed by atoms with Gasteiger partial charge in [-0.05, 0) is 58.5 Å². The van der Waals surface area contributed by atoms with Gasteiger partial charge in [0, 0.05) is 43.7 Å². The van der Waals surface area contributed by atoms with Crippen LogP contribution in [0.3, 0.4) is 0 Å². The number of hydrogen-bond donors (Lipinski definition) is 1. The monoisotopic (exact) mass is 468 g/mol. The normalized spacial score (nSPS) is 25.2. The number of guanidine groups is 1. The van der Waals surface area contributed by atoms with Crippen molar-refractivity contribution in [2.75, 3.05) is 52.1 Å². The van der Waals surface area contributed by atoms with Crippen molar-refractivity contribution in [3.8, 4) is 0 Å². The summed E-state index contributed by atoms with van der Waals surface area (Å²) >= 11 is 2.07. The van der Waals surface area contributed by atoms with Crippen LogP contribution in [0.5, 0.6) is 0 Å². The van der Waals surface area contributed by atoms with Gasteiger partial charge in [0.05, 0.1) is 0 Å². The van der Waals surface area contributed by atoms with E-state index in [0.29, 0.717) is 4.75 Å². The maximum absolute atomic E-state index is 4.49. The molecule has 2 rings (SSSR count). The Balaban J connectivity index is 0.00000288. The first kappa shape index (κ1) is 22.4. The summed E-state index contributed by atoms with van der Waals surface area (Å²) in [6.45, 7) is 14.2. The summed E-state index contributed by atoms with van der Waals surface area (Å²) < 4.78 is 0.334. The first-order valence-corrected chi connectivity index (χ1v) is 10.3. The van der Waals surface area contributed by atoms with E-state index in [1.165, 1.54) is 51.1 Å². The van der Waals surface area contributed by atoms with Crippen LogP contribution in [0.15, 0.2) is 4.99 Å². The van der Waals surface area contributed by atoms with E-state index in [9.17, 15) is 0 Å². The Hall–Kier alpha value is 0.310. The summed E-state index contributed by atoms with van der Waals surface area (Å²) in [5.41, 5.74) is 0. The van der Waals surface area contributed by atoms with Gasteiger partial charge >= 0.3 is 0 Å². The minimum Gasteiger partial charge on any atom is -0.356 e. The van der Waals surface area contributed by atoms with Gasteiger partial charge in [0.25, 0.3) is 0 Å². The minimum atomic E-state index is 0. The number of aliphatic imine (C=N–C) groups is 1. The smallest absolute Gasteiger partial charge is 0.193 e. The van der Waals surface area contributed by atoms with Crippen LogP contribution in [0.1, 0.15) is 46.5 Å². The van der Waals surface area contributed by atoms with Gasteiger partial charge in [0.2, 0.25) is 0 Å². The number of hydrogen-bond acceptors (Lipinski definition) is 3. The van der Waals surface area contributed by atoms with Crippen LogP contribution in [0.4, 0.5) is 0 Å². The van der Waals surface area contributed by atoms with E-state index >= 15 is 0 Å². The molecule has 4 nitrogen and oxygen atoms in total. The fourth-order valence-corrected chi connectivity index (χ4v) is 4.79. The third-order valence-corrected chi connectivity index (χ3v) is 6.16. The van der Waals surface area contributed by atoms with Crippen LogP contribution in [0.2, 0.25) is 0 Å². The Morgan fingerprint density at radius 2 is 2.08 bits per heavy atom. The molecule has 2 heterocycles. The lowest BCUT2D eigenvalue weighted by Gasteiger charge is -2.39.